The highest BCUT2D eigenvalue weighted by molar-refractivity contribution is 5.89. The van der Waals surface area contributed by atoms with Crippen LogP contribution in [0.1, 0.15) is 103 Å². The van der Waals surface area contributed by atoms with Gasteiger partial charge in [0.1, 0.15) is 12.4 Å². The number of fused-ring (bicyclic) bond motifs is 1. The second-order valence-electron chi connectivity index (χ2n) is 10.4. The third kappa shape index (κ3) is 9.63. The zero-order chi connectivity index (χ0) is 27.7. The molecule has 0 fully saturated rings. The molecule has 0 atom stereocenters. The first-order valence-electron chi connectivity index (χ1n) is 15.3. The van der Waals surface area contributed by atoms with E-state index >= 15 is 0 Å². The quantitative estimate of drug-likeness (QED) is 0.135. The maximum absolute atomic E-state index is 13.9. The molecule has 0 radical (unpaired) electrons. The van der Waals surface area contributed by atoms with Crippen molar-refractivity contribution in [2.45, 2.75) is 111 Å². The molecular formula is C34H49NO4. The molecule has 1 aromatic heterocycles. The standard InChI is InChI=1S/C34H49NO4/c1-4-7-10-12-13-17-23-35-31-26-29(39-27-28-19-15-14-16-20-28)21-22-30(31)32(37-25-18-11-8-5-2)33(34(35)36)38-24-9-6-3/h14-16,19-22,26H,4-13,17-18,23-25,27H2,1-3H3. The van der Waals surface area contributed by atoms with Gasteiger partial charge >= 0.3 is 0 Å². The second-order valence-corrected chi connectivity index (χ2v) is 10.4. The van der Waals surface area contributed by atoms with Crippen molar-refractivity contribution < 1.29 is 14.2 Å². The van der Waals surface area contributed by atoms with Crippen LogP contribution in [0.25, 0.3) is 10.9 Å². The van der Waals surface area contributed by atoms with Gasteiger partial charge in [0.05, 0.1) is 18.7 Å². The monoisotopic (exact) mass is 535 g/mol. The van der Waals surface area contributed by atoms with E-state index in [0.29, 0.717) is 37.9 Å². The summed E-state index contributed by atoms with van der Waals surface area (Å²) in [6.07, 6.45) is 13.4. The Morgan fingerprint density at radius 3 is 2.03 bits per heavy atom. The van der Waals surface area contributed by atoms with Gasteiger partial charge in [-0.05, 0) is 37.0 Å². The number of aryl methyl sites for hydroxylation is 1. The Hall–Kier alpha value is -2.95. The lowest BCUT2D eigenvalue weighted by Crippen LogP contribution is -2.24. The molecule has 0 aliphatic rings. The minimum atomic E-state index is -0.101. The van der Waals surface area contributed by atoms with Crippen LogP contribution in [0.5, 0.6) is 17.2 Å². The first kappa shape index (κ1) is 30.6. The third-order valence-corrected chi connectivity index (χ3v) is 7.12. The first-order chi connectivity index (χ1) is 19.2. The number of benzene rings is 2. The number of unbranched alkanes of at least 4 members (excludes halogenated alkanes) is 9. The molecule has 3 rings (SSSR count). The van der Waals surface area contributed by atoms with Crippen LogP contribution < -0.4 is 19.8 Å². The van der Waals surface area contributed by atoms with Crippen molar-refractivity contribution in [3.8, 4) is 17.2 Å². The topological polar surface area (TPSA) is 49.7 Å². The largest absolute Gasteiger partial charge is 0.489 e. The number of rotatable bonds is 20. The second kappa shape index (κ2) is 17.6. The molecule has 214 valence electrons. The summed E-state index contributed by atoms with van der Waals surface area (Å²) in [5.41, 5.74) is 1.86. The van der Waals surface area contributed by atoms with Gasteiger partial charge in [-0.3, -0.25) is 4.79 Å². The van der Waals surface area contributed by atoms with Gasteiger partial charge in [-0.25, -0.2) is 0 Å². The lowest BCUT2D eigenvalue weighted by atomic mass is 10.1. The van der Waals surface area contributed by atoms with E-state index < -0.39 is 0 Å². The molecule has 0 aliphatic heterocycles. The molecule has 0 unspecified atom stereocenters. The van der Waals surface area contributed by atoms with Crippen molar-refractivity contribution in [1.29, 1.82) is 0 Å². The van der Waals surface area contributed by atoms with Crippen molar-refractivity contribution in [2.75, 3.05) is 13.2 Å². The van der Waals surface area contributed by atoms with Crippen molar-refractivity contribution in [2.24, 2.45) is 0 Å². The summed E-state index contributed by atoms with van der Waals surface area (Å²) in [5, 5.41) is 0.912. The minimum Gasteiger partial charge on any atom is -0.489 e. The maximum atomic E-state index is 13.9. The number of hydrogen-bond acceptors (Lipinski definition) is 4. The van der Waals surface area contributed by atoms with Gasteiger partial charge in [-0.2, -0.15) is 0 Å². The van der Waals surface area contributed by atoms with E-state index in [0.717, 1.165) is 60.7 Å². The molecule has 5 heteroatoms. The van der Waals surface area contributed by atoms with Gasteiger partial charge in [0, 0.05) is 18.0 Å². The zero-order valence-electron chi connectivity index (χ0n) is 24.5. The van der Waals surface area contributed by atoms with Crippen molar-refractivity contribution in [3.63, 3.8) is 0 Å². The Labute approximate surface area is 235 Å². The predicted octanol–water partition coefficient (Wildman–Crippen LogP) is 9.08. The van der Waals surface area contributed by atoms with E-state index in [-0.39, 0.29) is 5.56 Å². The Bertz CT molecular complexity index is 1160. The van der Waals surface area contributed by atoms with Crippen LogP contribution >= 0.6 is 0 Å². The van der Waals surface area contributed by atoms with Gasteiger partial charge in [-0.1, -0.05) is 109 Å². The van der Waals surface area contributed by atoms with E-state index in [1.165, 1.54) is 38.5 Å². The molecule has 2 aromatic carbocycles. The summed E-state index contributed by atoms with van der Waals surface area (Å²) in [6.45, 7) is 8.79. The number of pyridine rings is 1. The highest BCUT2D eigenvalue weighted by Gasteiger charge is 2.20. The highest BCUT2D eigenvalue weighted by Crippen LogP contribution is 2.35. The summed E-state index contributed by atoms with van der Waals surface area (Å²) >= 11 is 0. The van der Waals surface area contributed by atoms with Crippen molar-refractivity contribution >= 4 is 10.9 Å². The van der Waals surface area contributed by atoms with Gasteiger partial charge < -0.3 is 18.8 Å². The number of ether oxygens (including phenoxy) is 3. The lowest BCUT2D eigenvalue weighted by molar-refractivity contribution is 0.258. The molecule has 5 nitrogen and oxygen atoms in total. The van der Waals surface area contributed by atoms with E-state index in [1.54, 1.807) is 0 Å². The molecule has 39 heavy (non-hydrogen) atoms. The molecule has 3 aromatic rings. The van der Waals surface area contributed by atoms with Crippen LogP contribution in [0, 0.1) is 0 Å². The average molecular weight is 536 g/mol. The molecule has 0 amide bonds. The normalized spacial score (nSPS) is 11.2. The minimum absolute atomic E-state index is 0.101. The molecule has 0 aliphatic carbocycles. The highest BCUT2D eigenvalue weighted by atomic mass is 16.5. The summed E-state index contributed by atoms with van der Waals surface area (Å²) in [5.74, 6) is 1.68. The zero-order valence-corrected chi connectivity index (χ0v) is 24.5. The summed E-state index contributed by atoms with van der Waals surface area (Å²) in [4.78, 5) is 13.9. The van der Waals surface area contributed by atoms with Gasteiger partial charge in [0.25, 0.3) is 5.56 Å². The summed E-state index contributed by atoms with van der Waals surface area (Å²) in [6, 6.07) is 16.1. The fourth-order valence-corrected chi connectivity index (χ4v) is 4.77. The lowest BCUT2D eigenvalue weighted by Gasteiger charge is -2.19. The van der Waals surface area contributed by atoms with Crippen LogP contribution in [0.4, 0.5) is 0 Å². The fraction of sp³-hybridized carbons (Fsp3) is 0.559. The summed E-state index contributed by atoms with van der Waals surface area (Å²) < 4.78 is 20.5. The Morgan fingerprint density at radius 2 is 1.28 bits per heavy atom. The van der Waals surface area contributed by atoms with Crippen molar-refractivity contribution in [3.05, 3.63) is 64.4 Å². The van der Waals surface area contributed by atoms with E-state index in [4.69, 9.17) is 14.2 Å². The molecule has 0 spiro atoms. The van der Waals surface area contributed by atoms with Gasteiger partial charge in [0.2, 0.25) is 5.75 Å². The average Bonchev–Trinajstić information content (AvgIpc) is 2.96. The van der Waals surface area contributed by atoms with Crippen molar-refractivity contribution in [1.82, 2.24) is 4.57 Å². The van der Waals surface area contributed by atoms with Crippen LogP contribution in [0.3, 0.4) is 0 Å². The van der Waals surface area contributed by atoms with E-state index in [9.17, 15) is 4.79 Å². The van der Waals surface area contributed by atoms with Gasteiger partial charge in [0.15, 0.2) is 5.75 Å². The molecule has 0 bridgehead atoms. The van der Waals surface area contributed by atoms with E-state index in [1.807, 2.05) is 41.0 Å². The van der Waals surface area contributed by atoms with Crippen LogP contribution in [0.2, 0.25) is 0 Å². The Kier molecular flexibility index (Phi) is 13.8. The van der Waals surface area contributed by atoms with Crippen LogP contribution in [-0.4, -0.2) is 17.8 Å². The van der Waals surface area contributed by atoms with Gasteiger partial charge in [-0.15, -0.1) is 0 Å². The predicted molar refractivity (Wildman–Crippen MR) is 162 cm³/mol. The third-order valence-electron chi connectivity index (χ3n) is 7.12. The molecule has 0 N–H and O–H groups in total. The number of hydrogen-bond donors (Lipinski definition) is 0. The molecular weight excluding hydrogens is 486 g/mol. The Morgan fingerprint density at radius 1 is 0.641 bits per heavy atom. The molecule has 1 heterocycles. The fourth-order valence-electron chi connectivity index (χ4n) is 4.77. The number of nitrogens with zero attached hydrogens (tertiary/aromatic N) is 1. The molecule has 0 saturated heterocycles. The Balaban J connectivity index is 1.95. The number of aromatic nitrogens is 1. The smallest absolute Gasteiger partial charge is 0.297 e. The first-order valence-corrected chi connectivity index (χ1v) is 15.3. The van der Waals surface area contributed by atoms with Crippen LogP contribution in [-0.2, 0) is 13.2 Å². The SMILES string of the molecule is CCCCCCCCn1c(=O)c(OCCCC)c(OCCCCCC)c2ccc(OCc3ccccc3)cc21. The van der Waals surface area contributed by atoms with E-state index in [2.05, 4.69) is 32.9 Å². The van der Waals surface area contributed by atoms with Crippen LogP contribution in [0.15, 0.2) is 53.3 Å². The maximum Gasteiger partial charge on any atom is 0.297 e. The molecule has 0 saturated carbocycles. The summed E-state index contributed by atoms with van der Waals surface area (Å²) in [7, 11) is 0.